The third-order valence-electron chi connectivity index (χ3n) is 3.60. The van der Waals surface area contributed by atoms with Crippen molar-refractivity contribution in [2.45, 2.75) is 38.4 Å². The summed E-state index contributed by atoms with van der Waals surface area (Å²) in [6.45, 7) is 7.40. The monoisotopic (exact) mass is 294 g/mol. The summed E-state index contributed by atoms with van der Waals surface area (Å²) in [5.41, 5.74) is 7.56. The Morgan fingerprint density at radius 1 is 1.45 bits per heavy atom. The number of carbonyl (C=O) groups excluding carboxylic acids is 1. The number of amides is 1. The van der Waals surface area contributed by atoms with Crippen LogP contribution in [0.5, 0.6) is 0 Å². The molecular weight excluding hydrogens is 272 g/mol. The first-order valence-corrected chi connectivity index (χ1v) is 7.92. The first-order valence-electron chi connectivity index (χ1n) is 6.94. The Morgan fingerprint density at radius 2 is 2.10 bits per heavy atom. The minimum absolute atomic E-state index is 0.154. The van der Waals surface area contributed by atoms with Crippen molar-refractivity contribution in [3.05, 3.63) is 17.5 Å². The molecule has 1 saturated heterocycles. The van der Waals surface area contributed by atoms with Crippen LogP contribution >= 0.6 is 11.8 Å². The molecular formula is C14H22N4OS. The quantitative estimate of drug-likeness (QED) is 0.671. The van der Waals surface area contributed by atoms with E-state index in [4.69, 9.17) is 5.73 Å². The van der Waals surface area contributed by atoms with Gasteiger partial charge in [-0.3, -0.25) is 4.79 Å². The predicted molar refractivity (Wildman–Crippen MR) is 80.6 cm³/mol. The average molecular weight is 294 g/mol. The average Bonchev–Trinajstić information content (AvgIpc) is 2.76. The van der Waals surface area contributed by atoms with Crippen LogP contribution < -0.4 is 5.73 Å². The second-order valence-electron chi connectivity index (χ2n) is 5.45. The van der Waals surface area contributed by atoms with Crippen LogP contribution in [0.2, 0.25) is 0 Å². The van der Waals surface area contributed by atoms with Gasteiger partial charge in [0.05, 0.1) is 5.75 Å². The molecule has 1 fully saturated rings. The number of thioether (sulfide) groups is 1. The molecule has 0 radical (unpaired) electrons. The zero-order valence-electron chi connectivity index (χ0n) is 12.3. The molecule has 1 aliphatic rings. The van der Waals surface area contributed by atoms with E-state index in [1.165, 1.54) is 11.8 Å². The van der Waals surface area contributed by atoms with Gasteiger partial charge in [0, 0.05) is 24.0 Å². The number of nitrogens with two attached hydrogens (primary N) is 1. The van der Waals surface area contributed by atoms with E-state index >= 15 is 0 Å². The second-order valence-corrected chi connectivity index (χ2v) is 6.40. The maximum absolute atomic E-state index is 12.3. The molecule has 0 aliphatic carbocycles. The number of hydrogen-bond acceptors (Lipinski definition) is 5. The summed E-state index contributed by atoms with van der Waals surface area (Å²) >= 11 is 1.41. The molecule has 110 valence electrons. The number of hydrogen-bond donors (Lipinski definition) is 1. The number of carbonyl (C=O) groups is 1. The number of aromatic nitrogens is 2. The van der Waals surface area contributed by atoms with Crippen molar-refractivity contribution in [2.75, 3.05) is 18.8 Å². The number of rotatable bonds is 4. The summed E-state index contributed by atoms with van der Waals surface area (Å²) in [7, 11) is 0. The van der Waals surface area contributed by atoms with E-state index in [9.17, 15) is 4.79 Å². The van der Waals surface area contributed by atoms with E-state index < -0.39 is 0 Å². The Bertz CT molecular complexity index is 474. The van der Waals surface area contributed by atoms with E-state index in [1.54, 1.807) is 0 Å². The Hall–Kier alpha value is -1.14. The van der Waals surface area contributed by atoms with Gasteiger partial charge >= 0.3 is 0 Å². The second kappa shape index (κ2) is 6.54. The molecule has 1 aliphatic heterocycles. The van der Waals surface area contributed by atoms with Crippen LogP contribution in [-0.4, -0.2) is 45.7 Å². The van der Waals surface area contributed by atoms with Crippen molar-refractivity contribution in [1.82, 2.24) is 14.9 Å². The van der Waals surface area contributed by atoms with Crippen LogP contribution in [0.1, 0.15) is 24.7 Å². The summed E-state index contributed by atoms with van der Waals surface area (Å²) in [4.78, 5) is 22.9. The van der Waals surface area contributed by atoms with Crippen molar-refractivity contribution in [2.24, 2.45) is 11.7 Å². The van der Waals surface area contributed by atoms with Crippen molar-refractivity contribution < 1.29 is 4.79 Å². The van der Waals surface area contributed by atoms with E-state index in [2.05, 4.69) is 16.9 Å². The van der Waals surface area contributed by atoms with Gasteiger partial charge in [-0.05, 0) is 45.7 Å². The molecule has 5 nitrogen and oxygen atoms in total. The zero-order chi connectivity index (χ0) is 14.7. The standard InChI is InChI=1S/C14H22N4OS/c1-9-4-10(2)17-14(16-9)20-8-13(19)18-7-12(6-15)5-11(18)3/h4,11-12H,5-8,15H2,1-3H3. The fourth-order valence-corrected chi connectivity index (χ4v) is 3.46. The van der Waals surface area contributed by atoms with E-state index in [1.807, 2.05) is 24.8 Å². The van der Waals surface area contributed by atoms with Crippen LogP contribution in [0.4, 0.5) is 0 Å². The van der Waals surface area contributed by atoms with Gasteiger partial charge in [-0.2, -0.15) is 0 Å². The number of likely N-dealkylation sites (tertiary alicyclic amines) is 1. The Kier molecular flexibility index (Phi) is 4.99. The van der Waals surface area contributed by atoms with Gasteiger partial charge in [0.2, 0.25) is 5.91 Å². The van der Waals surface area contributed by atoms with Crippen molar-refractivity contribution in [1.29, 1.82) is 0 Å². The highest BCUT2D eigenvalue weighted by atomic mass is 32.2. The maximum Gasteiger partial charge on any atom is 0.233 e. The molecule has 0 spiro atoms. The zero-order valence-corrected chi connectivity index (χ0v) is 13.1. The number of nitrogens with zero attached hydrogens (tertiary/aromatic N) is 3. The molecule has 1 aromatic rings. The lowest BCUT2D eigenvalue weighted by Gasteiger charge is -2.21. The molecule has 0 bridgehead atoms. The van der Waals surface area contributed by atoms with Gasteiger partial charge in [0.25, 0.3) is 0 Å². The van der Waals surface area contributed by atoms with E-state index in [0.29, 0.717) is 23.4 Å². The smallest absolute Gasteiger partial charge is 0.233 e. The normalized spacial score (nSPS) is 22.3. The van der Waals surface area contributed by atoms with Crippen LogP contribution in [0.25, 0.3) is 0 Å². The molecule has 2 N–H and O–H groups in total. The lowest BCUT2D eigenvalue weighted by atomic mass is 10.1. The lowest BCUT2D eigenvalue weighted by Crippen LogP contribution is -2.35. The maximum atomic E-state index is 12.3. The molecule has 1 amide bonds. The lowest BCUT2D eigenvalue weighted by molar-refractivity contribution is -0.128. The third kappa shape index (κ3) is 3.70. The topological polar surface area (TPSA) is 72.1 Å². The molecule has 2 atom stereocenters. The largest absolute Gasteiger partial charge is 0.339 e. The number of aryl methyl sites for hydroxylation is 2. The minimum atomic E-state index is 0.154. The minimum Gasteiger partial charge on any atom is -0.339 e. The fraction of sp³-hybridized carbons (Fsp3) is 0.643. The van der Waals surface area contributed by atoms with Gasteiger partial charge in [-0.25, -0.2) is 9.97 Å². The van der Waals surface area contributed by atoms with Gasteiger partial charge in [0.1, 0.15) is 0 Å². The predicted octanol–water partition coefficient (Wildman–Crippen LogP) is 1.38. The van der Waals surface area contributed by atoms with Gasteiger partial charge < -0.3 is 10.6 Å². The highest BCUT2D eigenvalue weighted by molar-refractivity contribution is 7.99. The Balaban J connectivity index is 1.92. The van der Waals surface area contributed by atoms with Crippen molar-refractivity contribution in [3.8, 4) is 0 Å². The molecule has 1 aromatic heterocycles. The molecule has 20 heavy (non-hydrogen) atoms. The summed E-state index contributed by atoms with van der Waals surface area (Å²) in [5, 5.41) is 0.679. The Labute approximate surface area is 124 Å². The first-order chi connectivity index (χ1) is 9.49. The summed E-state index contributed by atoms with van der Waals surface area (Å²) < 4.78 is 0. The molecule has 0 saturated carbocycles. The Morgan fingerprint density at radius 3 is 2.65 bits per heavy atom. The molecule has 2 unspecified atom stereocenters. The molecule has 2 heterocycles. The molecule has 0 aromatic carbocycles. The van der Waals surface area contributed by atoms with Crippen LogP contribution in [-0.2, 0) is 4.79 Å². The summed E-state index contributed by atoms with van der Waals surface area (Å²) in [6.07, 6.45) is 1.01. The summed E-state index contributed by atoms with van der Waals surface area (Å²) in [5.74, 6) is 0.988. The van der Waals surface area contributed by atoms with Crippen molar-refractivity contribution in [3.63, 3.8) is 0 Å². The highest BCUT2D eigenvalue weighted by Gasteiger charge is 2.31. The van der Waals surface area contributed by atoms with Crippen LogP contribution in [0.15, 0.2) is 11.2 Å². The fourth-order valence-electron chi connectivity index (χ4n) is 2.63. The van der Waals surface area contributed by atoms with Gasteiger partial charge in [-0.1, -0.05) is 11.8 Å². The van der Waals surface area contributed by atoms with E-state index in [0.717, 1.165) is 24.4 Å². The van der Waals surface area contributed by atoms with Crippen molar-refractivity contribution >= 4 is 17.7 Å². The summed E-state index contributed by atoms with van der Waals surface area (Å²) in [6, 6.07) is 2.22. The molecule has 2 rings (SSSR count). The third-order valence-corrected chi connectivity index (χ3v) is 4.43. The van der Waals surface area contributed by atoms with Gasteiger partial charge in [0.15, 0.2) is 5.16 Å². The SMILES string of the molecule is Cc1cc(C)nc(SCC(=O)N2CC(CN)CC2C)n1. The van der Waals surface area contributed by atoms with Gasteiger partial charge in [-0.15, -0.1) is 0 Å². The van der Waals surface area contributed by atoms with Crippen LogP contribution in [0.3, 0.4) is 0 Å². The molecule has 6 heteroatoms. The highest BCUT2D eigenvalue weighted by Crippen LogP contribution is 2.24. The van der Waals surface area contributed by atoms with E-state index in [-0.39, 0.29) is 11.9 Å². The van der Waals surface area contributed by atoms with Crippen LogP contribution in [0, 0.1) is 19.8 Å². The first kappa shape index (κ1) is 15.3.